The van der Waals surface area contributed by atoms with Crippen molar-refractivity contribution in [2.45, 2.75) is 38.5 Å². The van der Waals surface area contributed by atoms with Gasteiger partial charge in [-0.1, -0.05) is 113 Å². The maximum Gasteiger partial charge on any atom is 0.0588 e. The van der Waals surface area contributed by atoms with Crippen molar-refractivity contribution in [2.24, 2.45) is 0 Å². The highest BCUT2D eigenvalue weighted by atomic mass is 15.0. The Kier molecular flexibility index (Phi) is 3.87. The summed E-state index contributed by atoms with van der Waals surface area (Å²) in [5, 5.41) is 2.65. The topological polar surface area (TPSA) is 4.93 Å². The number of fused-ring (bicyclic) bond motifs is 10. The predicted octanol–water partition coefficient (Wildman–Crippen LogP) is 9.40. The minimum Gasteiger partial charge on any atom is -0.309 e. The zero-order valence-corrected chi connectivity index (χ0v) is 21.8. The highest BCUT2D eigenvalue weighted by molar-refractivity contribution is 6.13. The highest BCUT2D eigenvalue weighted by Gasteiger charge is 2.39. The van der Waals surface area contributed by atoms with Crippen LogP contribution in [0.25, 0.3) is 49.7 Å². The molecule has 0 fully saturated rings. The van der Waals surface area contributed by atoms with Gasteiger partial charge < -0.3 is 4.57 Å². The molecule has 0 bridgehead atoms. The number of nitrogens with zero attached hydrogens (tertiary/aromatic N) is 1. The van der Waals surface area contributed by atoms with Gasteiger partial charge in [-0.3, -0.25) is 0 Å². The molecule has 2 aliphatic rings. The number of rotatable bonds is 1. The van der Waals surface area contributed by atoms with E-state index in [0.29, 0.717) is 0 Å². The third kappa shape index (κ3) is 2.50. The Labute approximate surface area is 218 Å². The Hall–Kier alpha value is -4.10. The maximum atomic E-state index is 2.54. The molecule has 0 saturated heterocycles. The van der Waals surface area contributed by atoms with Gasteiger partial charge in [0.2, 0.25) is 0 Å². The normalized spacial score (nSPS) is 16.0. The van der Waals surface area contributed by atoms with Crippen LogP contribution in [0, 0.1) is 0 Å². The van der Waals surface area contributed by atoms with Crippen molar-refractivity contribution in [3.05, 3.63) is 125 Å². The van der Waals surface area contributed by atoms with Crippen LogP contribution in [0.3, 0.4) is 0 Å². The molecular formula is C36H29N. The molecule has 2 aliphatic carbocycles. The van der Waals surface area contributed by atoms with E-state index in [1.54, 1.807) is 0 Å². The van der Waals surface area contributed by atoms with Gasteiger partial charge in [0.25, 0.3) is 0 Å². The molecule has 0 amide bonds. The first-order valence-corrected chi connectivity index (χ1v) is 13.3. The van der Waals surface area contributed by atoms with Gasteiger partial charge >= 0.3 is 0 Å². The summed E-state index contributed by atoms with van der Waals surface area (Å²) >= 11 is 0. The van der Waals surface area contributed by atoms with Crippen molar-refractivity contribution >= 4 is 21.8 Å². The van der Waals surface area contributed by atoms with E-state index in [2.05, 4.69) is 135 Å². The minimum absolute atomic E-state index is 0.0296. The highest BCUT2D eigenvalue weighted by Crippen LogP contribution is 2.54. The number of hydrogen-bond acceptors (Lipinski definition) is 0. The van der Waals surface area contributed by atoms with E-state index in [-0.39, 0.29) is 10.8 Å². The Morgan fingerprint density at radius 1 is 0.486 bits per heavy atom. The Bertz CT molecular complexity index is 1930. The summed E-state index contributed by atoms with van der Waals surface area (Å²) < 4.78 is 2.54. The lowest BCUT2D eigenvalue weighted by molar-refractivity contribution is 0.659. The van der Waals surface area contributed by atoms with Gasteiger partial charge in [0.15, 0.2) is 0 Å². The molecule has 1 heteroatoms. The maximum absolute atomic E-state index is 2.54. The average molecular weight is 476 g/mol. The molecule has 178 valence electrons. The lowest BCUT2D eigenvalue weighted by Crippen LogP contribution is -2.17. The fourth-order valence-electron chi connectivity index (χ4n) is 7.41. The predicted molar refractivity (Wildman–Crippen MR) is 156 cm³/mol. The fraction of sp³-hybridized carbons (Fsp3) is 0.167. The van der Waals surface area contributed by atoms with E-state index in [1.807, 2.05) is 0 Å². The van der Waals surface area contributed by atoms with Crippen molar-refractivity contribution in [3.8, 4) is 27.9 Å². The number of hydrogen-bond donors (Lipinski definition) is 0. The van der Waals surface area contributed by atoms with E-state index < -0.39 is 0 Å². The van der Waals surface area contributed by atoms with Crippen LogP contribution in [0.1, 0.15) is 49.9 Å². The third-order valence-electron chi connectivity index (χ3n) is 9.18. The van der Waals surface area contributed by atoms with Gasteiger partial charge in [0.05, 0.1) is 11.0 Å². The van der Waals surface area contributed by atoms with Crippen molar-refractivity contribution in [3.63, 3.8) is 0 Å². The zero-order chi connectivity index (χ0) is 25.1. The van der Waals surface area contributed by atoms with Crippen LogP contribution in [-0.2, 0) is 10.8 Å². The van der Waals surface area contributed by atoms with Gasteiger partial charge in [-0.25, -0.2) is 0 Å². The number of benzene rings is 5. The lowest BCUT2D eigenvalue weighted by atomic mass is 9.81. The van der Waals surface area contributed by atoms with Crippen LogP contribution in [-0.4, -0.2) is 4.57 Å². The van der Waals surface area contributed by atoms with Crippen molar-refractivity contribution in [1.82, 2.24) is 4.57 Å². The molecule has 0 spiro atoms. The van der Waals surface area contributed by atoms with Gasteiger partial charge in [0.1, 0.15) is 0 Å². The summed E-state index contributed by atoms with van der Waals surface area (Å²) in [7, 11) is 0. The molecule has 8 rings (SSSR count). The SMILES string of the molecule is CC1(C)c2ccccc2-c2ccc(-n3c4ccccc4c4ccc5c(c43)C(C)(C)c3ccccc3-5)cc21. The third-order valence-corrected chi connectivity index (χ3v) is 9.18. The summed E-state index contributed by atoms with van der Waals surface area (Å²) in [5.74, 6) is 0. The first kappa shape index (κ1) is 21.0. The van der Waals surface area contributed by atoms with Crippen LogP contribution in [0.5, 0.6) is 0 Å². The van der Waals surface area contributed by atoms with E-state index in [4.69, 9.17) is 0 Å². The summed E-state index contributed by atoms with van der Waals surface area (Å²) in [6.45, 7) is 9.51. The second kappa shape index (κ2) is 6.81. The monoisotopic (exact) mass is 475 g/mol. The number of para-hydroxylation sites is 1. The van der Waals surface area contributed by atoms with Crippen LogP contribution in [0.15, 0.2) is 103 Å². The Morgan fingerprint density at radius 2 is 1.08 bits per heavy atom. The molecular weight excluding hydrogens is 446 g/mol. The molecule has 37 heavy (non-hydrogen) atoms. The van der Waals surface area contributed by atoms with Gasteiger partial charge in [-0.2, -0.15) is 0 Å². The fourth-order valence-corrected chi connectivity index (χ4v) is 7.41. The largest absolute Gasteiger partial charge is 0.309 e. The summed E-state index contributed by atoms with van der Waals surface area (Å²) in [4.78, 5) is 0. The van der Waals surface area contributed by atoms with Gasteiger partial charge in [-0.15, -0.1) is 0 Å². The van der Waals surface area contributed by atoms with Crippen LogP contribution in [0.4, 0.5) is 0 Å². The zero-order valence-electron chi connectivity index (χ0n) is 21.8. The van der Waals surface area contributed by atoms with Crippen LogP contribution < -0.4 is 0 Å². The van der Waals surface area contributed by atoms with Crippen molar-refractivity contribution < 1.29 is 0 Å². The molecule has 0 N–H and O–H groups in total. The first-order valence-electron chi connectivity index (χ1n) is 13.3. The molecule has 1 heterocycles. The molecule has 5 aromatic carbocycles. The quantitative estimate of drug-likeness (QED) is 0.223. The summed E-state index contributed by atoms with van der Waals surface area (Å²) in [6, 6.07) is 38.6. The lowest BCUT2D eigenvalue weighted by Gasteiger charge is -2.25. The van der Waals surface area contributed by atoms with Crippen molar-refractivity contribution in [1.29, 1.82) is 0 Å². The summed E-state index contributed by atoms with van der Waals surface area (Å²) in [6.07, 6.45) is 0. The van der Waals surface area contributed by atoms with E-state index in [1.165, 1.54) is 72.0 Å². The van der Waals surface area contributed by atoms with Crippen LogP contribution >= 0.6 is 0 Å². The second-order valence-electron chi connectivity index (χ2n) is 11.8. The number of aromatic nitrogens is 1. The molecule has 0 atom stereocenters. The average Bonchev–Trinajstić information content (AvgIpc) is 3.46. The molecule has 0 aliphatic heterocycles. The van der Waals surface area contributed by atoms with Crippen molar-refractivity contribution in [2.75, 3.05) is 0 Å². The molecule has 6 aromatic rings. The molecule has 1 nitrogen and oxygen atoms in total. The Balaban J connectivity index is 1.49. The minimum atomic E-state index is -0.0796. The second-order valence-corrected chi connectivity index (χ2v) is 11.8. The smallest absolute Gasteiger partial charge is 0.0588 e. The molecule has 1 aromatic heterocycles. The molecule has 0 unspecified atom stereocenters. The summed E-state index contributed by atoms with van der Waals surface area (Å²) in [5.41, 5.74) is 14.9. The molecule has 0 saturated carbocycles. The van der Waals surface area contributed by atoms with E-state index in [0.717, 1.165) is 0 Å². The van der Waals surface area contributed by atoms with E-state index >= 15 is 0 Å². The Morgan fingerprint density at radius 3 is 1.86 bits per heavy atom. The van der Waals surface area contributed by atoms with Gasteiger partial charge in [0, 0.05) is 27.3 Å². The van der Waals surface area contributed by atoms with Crippen LogP contribution in [0.2, 0.25) is 0 Å². The standard InChI is InChI=1S/C36H29N/c1-35(2)29-14-8-5-11-23(29)25-18-17-22(21-31(25)35)37-32-16-10-7-13-26(32)28-20-19-27-24-12-6-9-15-30(24)36(3,4)33(27)34(28)37/h5-21H,1-4H3. The van der Waals surface area contributed by atoms with Gasteiger partial charge in [-0.05, 0) is 62.7 Å². The molecule has 0 radical (unpaired) electrons. The first-order chi connectivity index (χ1) is 17.9. The van der Waals surface area contributed by atoms with E-state index in [9.17, 15) is 0 Å².